The van der Waals surface area contributed by atoms with E-state index in [-0.39, 0.29) is 30.3 Å². The quantitative estimate of drug-likeness (QED) is 0.823. The highest BCUT2D eigenvalue weighted by Crippen LogP contribution is 2.23. The number of benzene rings is 2. The Kier molecular flexibility index (Phi) is 6.71. The summed E-state index contributed by atoms with van der Waals surface area (Å²) < 4.78 is 0. The lowest BCUT2D eigenvalue weighted by molar-refractivity contribution is -0.127. The van der Waals surface area contributed by atoms with Crippen LogP contribution in [-0.2, 0) is 9.59 Å². The van der Waals surface area contributed by atoms with Crippen LogP contribution in [0.3, 0.4) is 0 Å². The minimum absolute atomic E-state index is 0.0359. The second-order valence-electron chi connectivity index (χ2n) is 6.60. The number of nitrogens with zero attached hydrogens (tertiary/aromatic N) is 1. The van der Waals surface area contributed by atoms with E-state index in [1.165, 1.54) is 11.8 Å². The maximum absolute atomic E-state index is 12.3. The molecule has 2 rings (SSSR count). The van der Waals surface area contributed by atoms with Crippen LogP contribution in [0.25, 0.3) is 11.1 Å². The first-order valence-corrected chi connectivity index (χ1v) is 8.73. The fraction of sp³-hybridized carbons (Fsp3) is 0.286. The molecule has 2 N–H and O–H groups in total. The Bertz CT molecular complexity index is 829. The number of rotatable bonds is 6. The van der Waals surface area contributed by atoms with Gasteiger partial charge >= 0.3 is 0 Å². The fourth-order valence-corrected chi connectivity index (χ4v) is 2.61. The summed E-state index contributed by atoms with van der Waals surface area (Å²) in [6.45, 7) is 3.38. The number of amides is 3. The second kappa shape index (κ2) is 8.98. The van der Waals surface area contributed by atoms with Gasteiger partial charge in [-0.05, 0) is 35.7 Å². The lowest BCUT2D eigenvalue weighted by atomic mass is 9.99. The van der Waals surface area contributed by atoms with Crippen molar-refractivity contribution in [3.63, 3.8) is 0 Å². The van der Waals surface area contributed by atoms with E-state index in [4.69, 9.17) is 0 Å². The maximum Gasteiger partial charge on any atom is 0.251 e. The third-order valence-corrected chi connectivity index (χ3v) is 4.19. The van der Waals surface area contributed by atoms with E-state index in [1.54, 1.807) is 26.2 Å². The summed E-state index contributed by atoms with van der Waals surface area (Å²) in [4.78, 5) is 36.5. The molecule has 0 heterocycles. The molecule has 0 aliphatic rings. The van der Waals surface area contributed by atoms with Gasteiger partial charge in [-0.2, -0.15) is 0 Å². The van der Waals surface area contributed by atoms with E-state index < -0.39 is 0 Å². The van der Waals surface area contributed by atoms with E-state index in [2.05, 4.69) is 10.6 Å². The zero-order valence-corrected chi connectivity index (χ0v) is 16.1. The molecule has 0 bridgehead atoms. The second-order valence-corrected chi connectivity index (χ2v) is 6.60. The molecule has 3 amide bonds. The molecule has 0 saturated heterocycles. The number of likely N-dealkylation sites (N-methyl/N-ethyl adjacent to an activating group) is 1. The third kappa shape index (κ3) is 5.67. The largest absolute Gasteiger partial charge is 0.350 e. The van der Waals surface area contributed by atoms with Crippen LogP contribution in [0.15, 0.2) is 48.5 Å². The number of hydrogen-bond acceptors (Lipinski definition) is 3. The van der Waals surface area contributed by atoms with E-state index in [1.807, 2.05) is 43.3 Å². The maximum atomic E-state index is 12.3. The van der Waals surface area contributed by atoms with Crippen molar-refractivity contribution in [2.45, 2.75) is 19.9 Å². The monoisotopic (exact) mass is 367 g/mol. The van der Waals surface area contributed by atoms with Crippen molar-refractivity contribution in [2.75, 3.05) is 20.6 Å². The normalized spacial score (nSPS) is 11.4. The molecule has 0 radical (unpaired) electrons. The summed E-state index contributed by atoms with van der Waals surface area (Å²) in [5.74, 6) is -0.524. The first kappa shape index (κ1) is 20.2. The summed E-state index contributed by atoms with van der Waals surface area (Å²) in [5.41, 5.74) is 3.37. The molecule has 2 aromatic rings. The lowest BCUT2D eigenvalue weighted by Gasteiger charge is -2.14. The van der Waals surface area contributed by atoms with Gasteiger partial charge in [-0.15, -0.1) is 0 Å². The molecule has 6 nitrogen and oxygen atoms in total. The van der Waals surface area contributed by atoms with E-state index in [9.17, 15) is 14.4 Å². The van der Waals surface area contributed by atoms with Crippen LogP contribution in [0.2, 0.25) is 0 Å². The molecule has 0 aliphatic heterocycles. The van der Waals surface area contributed by atoms with Gasteiger partial charge in [-0.1, -0.05) is 36.4 Å². The van der Waals surface area contributed by atoms with Gasteiger partial charge in [-0.3, -0.25) is 14.4 Å². The van der Waals surface area contributed by atoms with Crippen LogP contribution in [0.1, 0.15) is 35.8 Å². The van der Waals surface area contributed by atoms with E-state index in [0.29, 0.717) is 5.56 Å². The topological polar surface area (TPSA) is 78.5 Å². The smallest absolute Gasteiger partial charge is 0.251 e. The van der Waals surface area contributed by atoms with Crippen LogP contribution in [0, 0.1) is 0 Å². The van der Waals surface area contributed by atoms with Gasteiger partial charge < -0.3 is 15.5 Å². The fourth-order valence-electron chi connectivity index (χ4n) is 2.61. The minimum atomic E-state index is -0.289. The lowest BCUT2D eigenvalue weighted by Crippen LogP contribution is -2.36. The zero-order chi connectivity index (χ0) is 20.0. The molecule has 0 fully saturated rings. The first-order chi connectivity index (χ1) is 12.8. The number of nitrogens with one attached hydrogen (secondary N) is 2. The van der Waals surface area contributed by atoms with E-state index in [0.717, 1.165) is 16.7 Å². The Morgan fingerprint density at radius 2 is 1.67 bits per heavy atom. The highest BCUT2D eigenvalue weighted by atomic mass is 16.2. The molecule has 0 saturated carbocycles. The molecular formula is C21H25N3O3. The SMILES string of the molecule is CC(=O)NC(C)c1ccc(-c2cccc(C(=O)NCC(=O)N(C)C)c2)cc1. The number of carbonyl (C=O) groups is 3. The Morgan fingerprint density at radius 1 is 1.00 bits per heavy atom. The molecule has 27 heavy (non-hydrogen) atoms. The Morgan fingerprint density at radius 3 is 2.26 bits per heavy atom. The summed E-state index contributed by atoms with van der Waals surface area (Å²) in [6.07, 6.45) is 0. The number of carbonyl (C=O) groups excluding carboxylic acids is 3. The molecular weight excluding hydrogens is 342 g/mol. The third-order valence-electron chi connectivity index (χ3n) is 4.19. The standard InChI is InChI=1S/C21H25N3O3/c1-14(23-15(2)25)16-8-10-17(11-9-16)18-6-5-7-19(12-18)21(27)22-13-20(26)24(3)4/h5-12,14H,13H2,1-4H3,(H,22,27)(H,23,25). The zero-order valence-electron chi connectivity index (χ0n) is 16.1. The van der Waals surface area contributed by atoms with Gasteiger partial charge in [0.2, 0.25) is 11.8 Å². The van der Waals surface area contributed by atoms with Crippen molar-refractivity contribution in [3.8, 4) is 11.1 Å². The van der Waals surface area contributed by atoms with Crippen molar-refractivity contribution in [2.24, 2.45) is 0 Å². The van der Waals surface area contributed by atoms with Gasteiger partial charge in [0.1, 0.15) is 0 Å². The van der Waals surface area contributed by atoms with Crippen molar-refractivity contribution >= 4 is 17.7 Å². The molecule has 1 unspecified atom stereocenters. The van der Waals surface area contributed by atoms with Crippen molar-refractivity contribution in [3.05, 3.63) is 59.7 Å². The van der Waals surface area contributed by atoms with Crippen LogP contribution >= 0.6 is 0 Å². The van der Waals surface area contributed by atoms with Gasteiger partial charge in [0.25, 0.3) is 5.91 Å². The average Bonchev–Trinajstić information content (AvgIpc) is 2.65. The van der Waals surface area contributed by atoms with Crippen LogP contribution in [-0.4, -0.2) is 43.3 Å². The molecule has 0 aliphatic carbocycles. The van der Waals surface area contributed by atoms with Gasteiger partial charge in [0, 0.05) is 26.6 Å². The van der Waals surface area contributed by atoms with Crippen molar-refractivity contribution < 1.29 is 14.4 Å². The highest BCUT2D eigenvalue weighted by Gasteiger charge is 2.11. The Hall–Kier alpha value is -3.15. The molecule has 142 valence electrons. The van der Waals surface area contributed by atoms with Gasteiger partial charge in [0.05, 0.1) is 12.6 Å². The first-order valence-electron chi connectivity index (χ1n) is 8.73. The summed E-state index contributed by atoms with van der Waals surface area (Å²) in [5, 5.41) is 5.48. The predicted molar refractivity (Wildman–Crippen MR) is 105 cm³/mol. The number of hydrogen-bond donors (Lipinski definition) is 2. The van der Waals surface area contributed by atoms with Gasteiger partial charge in [0.15, 0.2) is 0 Å². The summed E-state index contributed by atoms with van der Waals surface area (Å²) >= 11 is 0. The van der Waals surface area contributed by atoms with Gasteiger partial charge in [-0.25, -0.2) is 0 Å². The van der Waals surface area contributed by atoms with Crippen molar-refractivity contribution in [1.82, 2.24) is 15.5 Å². The van der Waals surface area contributed by atoms with Crippen LogP contribution < -0.4 is 10.6 Å². The summed E-state index contributed by atoms with van der Waals surface area (Å²) in [7, 11) is 3.29. The van der Waals surface area contributed by atoms with Crippen molar-refractivity contribution in [1.29, 1.82) is 0 Å². The predicted octanol–water partition coefficient (Wildman–Crippen LogP) is 2.37. The minimum Gasteiger partial charge on any atom is -0.350 e. The molecule has 1 atom stereocenters. The molecule has 0 spiro atoms. The van der Waals surface area contributed by atoms with Crippen LogP contribution in [0.5, 0.6) is 0 Å². The van der Waals surface area contributed by atoms with Crippen LogP contribution in [0.4, 0.5) is 0 Å². The van der Waals surface area contributed by atoms with E-state index >= 15 is 0 Å². The summed E-state index contributed by atoms with van der Waals surface area (Å²) in [6, 6.07) is 15.0. The Labute approximate surface area is 159 Å². The molecule has 2 aromatic carbocycles. The highest BCUT2D eigenvalue weighted by molar-refractivity contribution is 5.97. The molecule has 0 aromatic heterocycles. The molecule has 6 heteroatoms. The Balaban J connectivity index is 2.11. The average molecular weight is 367 g/mol.